The van der Waals surface area contributed by atoms with Gasteiger partial charge in [0.25, 0.3) is 0 Å². The van der Waals surface area contributed by atoms with Crippen LogP contribution in [0, 0.1) is 0 Å². The van der Waals surface area contributed by atoms with Gasteiger partial charge in [-0.1, -0.05) is 35.3 Å². The van der Waals surface area contributed by atoms with Crippen LogP contribution in [0.5, 0.6) is 5.75 Å². The summed E-state index contributed by atoms with van der Waals surface area (Å²) in [6.45, 7) is 1.14. The standard InChI is InChI=1S/C16H16Cl2N2O/c17-14-3-1-2-11(8-20-13-4-5-13)16(14)21-10-12-6-7-19-9-15(12)18/h1-3,6-7,9,13,20H,4-5,8,10H2. The van der Waals surface area contributed by atoms with Crippen LogP contribution in [0.15, 0.2) is 36.7 Å². The molecule has 1 fully saturated rings. The van der Waals surface area contributed by atoms with Crippen LogP contribution in [0.25, 0.3) is 0 Å². The summed E-state index contributed by atoms with van der Waals surface area (Å²) in [5.41, 5.74) is 1.97. The molecule has 0 unspecified atom stereocenters. The van der Waals surface area contributed by atoms with E-state index < -0.39 is 0 Å². The molecule has 1 aromatic heterocycles. The lowest BCUT2D eigenvalue weighted by atomic mass is 10.2. The minimum absolute atomic E-state index is 0.377. The van der Waals surface area contributed by atoms with Gasteiger partial charge in [-0.15, -0.1) is 0 Å². The molecule has 0 atom stereocenters. The van der Waals surface area contributed by atoms with Crippen LogP contribution >= 0.6 is 23.2 Å². The zero-order valence-electron chi connectivity index (χ0n) is 11.5. The molecule has 1 heterocycles. The van der Waals surface area contributed by atoms with Gasteiger partial charge in [-0.3, -0.25) is 4.98 Å². The van der Waals surface area contributed by atoms with E-state index in [1.807, 2.05) is 24.3 Å². The number of benzene rings is 1. The van der Waals surface area contributed by atoms with Gasteiger partial charge in [-0.2, -0.15) is 0 Å². The minimum Gasteiger partial charge on any atom is -0.487 e. The molecule has 5 heteroatoms. The van der Waals surface area contributed by atoms with Crippen LogP contribution < -0.4 is 10.1 Å². The highest BCUT2D eigenvalue weighted by Crippen LogP contribution is 2.31. The molecular formula is C16H16Cl2N2O. The lowest BCUT2D eigenvalue weighted by molar-refractivity contribution is 0.302. The summed E-state index contributed by atoms with van der Waals surface area (Å²) in [4.78, 5) is 3.97. The van der Waals surface area contributed by atoms with Crippen molar-refractivity contribution in [3.63, 3.8) is 0 Å². The Labute approximate surface area is 134 Å². The van der Waals surface area contributed by atoms with Gasteiger partial charge in [0, 0.05) is 36.1 Å². The van der Waals surface area contributed by atoms with Crippen molar-refractivity contribution in [3.05, 3.63) is 57.8 Å². The van der Waals surface area contributed by atoms with Gasteiger partial charge in [-0.25, -0.2) is 0 Å². The Bertz CT molecular complexity index is 629. The van der Waals surface area contributed by atoms with E-state index >= 15 is 0 Å². The Morgan fingerprint density at radius 1 is 1.14 bits per heavy atom. The molecule has 3 nitrogen and oxygen atoms in total. The summed E-state index contributed by atoms with van der Waals surface area (Å²) in [7, 11) is 0. The highest BCUT2D eigenvalue weighted by atomic mass is 35.5. The molecule has 1 N–H and O–H groups in total. The molecule has 3 rings (SSSR count). The smallest absolute Gasteiger partial charge is 0.142 e. The van der Waals surface area contributed by atoms with Gasteiger partial charge in [0.05, 0.1) is 10.0 Å². The van der Waals surface area contributed by atoms with Gasteiger partial charge in [0.2, 0.25) is 0 Å². The van der Waals surface area contributed by atoms with Crippen LogP contribution in [0.1, 0.15) is 24.0 Å². The monoisotopic (exact) mass is 322 g/mol. The number of rotatable bonds is 6. The largest absolute Gasteiger partial charge is 0.487 e. The maximum Gasteiger partial charge on any atom is 0.142 e. The second-order valence-electron chi connectivity index (χ2n) is 5.14. The quantitative estimate of drug-likeness (QED) is 0.864. The summed E-state index contributed by atoms with van der Waals surface area (Å²) in [5.74, 6) is 0.722. The molecule has 1 aliphatic rings. The Kier molecular flexibility index (Phi) is 4.63. The number of aromatic nitrogens is 1. The van der Waals surface area contributed by atoms with Crippen molar-refractivity contribution in [3.8, 4) is 5.75 Å². The van der Waals surface area contributed by atoms with E-state index in [1.54, 1.807) is 12.4 Å². The van der Waals surface area contributed by atoms with Crippen molar-refractivity contribution in [1.82, 2.24) is 10.3 Å². The first-order chi connectivity index (χ1) is 10.2. The van der Waals surface area contributed by atoms with Crippen molar-refractivity contribution in [2.45, 2.75) is 32.0 Å². The average Bonchev–Trinajstić information content (AvgIpc) is 3.30. The van der Waals surface area contributed by atoms with E-state index in [0.29, 0.717) is 22.7 Å². The number of ether oxygens (including phenoxy) is 1. The topological polar surface area (TPSA) is 34.1 Å². The summed E-state index contributed by atoms with van der Waals surface area (Å²) < 4.78 is 5.90. The Balaban J connectivity index is 1.72. The van der Waals surface area contributed by atoms with E-state index in [9.17, 15) is 0 Å². The van der Waals surface area contributed by atoms with E-state index in [0.717, 1.165) is 23.4 Å². The molecule has 110 valence electrons. The Morgan fingerprint density at radius 3 is 2.76 bits per heavy atom. The van der Waals surface area contributed by atoms with E-state index in [4.69, 9.17) is 27.9 Å². The normalized spacial score (nSPS) is 14.2. The molecule has 2 aromatic rings. The molecule has 1 aliphatic carbocycles. The molecule has 1 saturated carbocycles. The third kappa shape index (κ3) is 3.88. The second-order valence-corrected chi connectivity index (χ2v) is 5.95. The number of hydrogen-bond donors (Lipinski definition) is 1. The Hall–Kier alpha value is -1.29. The van der Waals surface area contributed by atoms with Crippen molar-refractivity contribution in [1.29, 1.82) is 0 Å². The molecule has 1 aromatic carbocycles. The van der Waals surface area contributed by atoms with Gasteiger partial charge in [0.15, 0.2) is 0 Å². The second kappa shape index (κ2) is 6.65. The van der Waals surface area contributed by atoms with Crippen molar-refractivity contribution < 1.29 is 4.74 Å². The predicted octanol–water partition coefficient (Wildman–Crippen LogP) is 4.22. The van der Waals surface area contributed by atoms with E-state index in [2.05, 4.69) is 10.3 Å². The van der Waals surface area contributed by atoms with Gasteiger partial charge in [0.1, 0.15) is 12.4 Å². The van der Waals surface area contributed by atoms with E-state index in [-0.39, 0.29) is 0 Å². The summed E-state index contributed by atoms with van der Waals surface area (Å²) in [5, 5.41) is 4.70. The number of nitrogens with one attached hydrogen (secondary N) is 1. The Morgan fingerprint density at radius 2 is 2.00 bits per heavy atom. The number of nitrogens with zero attached hydrogens (tertiary/aromatic N) is 1. The molecule has 0 saturated heterocycles. The minimum atomic E-state index is 0.377. The first-order valence-electron chi connectivity index (χ1n) is 6.96. The van der Waals surface area contributed by atoms with E-state index in [1.165, 1.54) is 12.8 Å². The summed E-state index contributed by atoms with van der Waals surface area (Å²) >= 11 is 12.4. The highest BCUT2D eigenvalue weighted by Gasteiger charge is 2.21. The molecule has 0 aliphatic heterocycles. The SMILES string of the molecule is Clc1cnccc1COc1c(Cl)cccc1CNC1CC1. The highest BCUT2D eigenvalue weighted by molar-refractivity contribution is 6.32. The molecule has 21 heavy (non-hydrogen) atoms. The van der Waals surface area contributed by atoms with Crippen LogP contribution in [-0.4, -0.2) is 11.0 Å². The van der Waals surface area contributed by atoms with Crippen LogP contribution in [0.3, 0.4) is 0 Å². The van der Waals surface area contributed by atoms with Crippen LogP contribution in [-0.2, 0) is 13.2 Å². The fourth-order valence-corrected chi connectivity index (χ4v) is 2.49. The molecular weight excluding hydrogens is 307 g/mol. The van der Waals surface area contributed by atoms with Crippen LogP contribution in [0.2, 0.25) is 10.0 Å². The van der Waals surface area contributed by atoms with Crippen LogP contribution in [0.4, 0.5) is 0 Å². The number of pyridine rings is 1. The first-order valence-corrected chi connectivity index (χ1v) is 7.71. The zero-order valence-corrected chi connectivity index (χ0v) is 13.0. The molecule has 0 bridgehead atoms. The van der Waals surface area contributed by atoms with Crippen molar-refractivity contribution in [2.75, 3.05) is 0 Å². The molecule has 0 amide bonds. The lowest BCUT2D eigenvalue weighted by Crippen LogP contribution is -2.16. The number of hydrogen-bond acceptors (Lipinski definition) is 3. The molecule has 0 spiro atoms. The summed E-state index contributed by atoms with van der Waals surface area (Å²) in [6, 6.07) is 8.31. The van der Waals surface area contributed by atoms with Gasteiger partial charge in [-0.05, 0) is 25.0 Å². The maximum absolute atomic E-state index is 6.27. The number of para-hydroxylation sites is 1. The zero-order chi connectivity index (χ0) is 14.7. The fraction of sp³-hybridized carbons (Fsp3) is 0.312. The maximum atomic E-state index is 6.27. The lowest BCUT2D eigenvalue weighted by Gasteiger charge is -2.14. The first kappa shape index (κ1) is 14.6. The molecule has 0 radical (unpaired) electrons. The summed E-state index contributed by atoms with van der Waals surface area (Å²) in [6.07, 6.45) is 5.82. The number of halogens is 2. The van der Waals surface area contributed by atoms with Gasteiger partial charge < -0.3 is 10.1 Å². The van der Waals surface area contributed by atoms with Crippen molar-refractivity contribution >= 4 is 23.2 Å². The van der Waals surface area contributed by atoms with Gasteiger partial charge >= 0.3 is 0 Å². The van der Waals surface area contributed by atoms with Crippen molar-refractivity contribution in [2.24, 2.45) is 0 Å². The average molecular weight is 323 g/mol. The fourth-order valence-electron chi connectivity index (χ4n) is 2.07. The third-order valence-corrected chi connectivity index (χ3v) is 4.07. The predicted molar refractivity (Wildman–Crippen MR) is 84.9 cm³/mol. The third-order valence-electron chi connectivity index (χ3n) is 3.44.